The topological polar surface area (TPSA) is 184 Å². The molecule has 0 aliphatic carbocycles. The molecule has 0 unspecified atom stereocenters. The minimum atomic E-state index is -0.717. The van der Waals surface area contributed by atoms with Gasteiger partial charge in [0.2, 0.25) is 11.8 Å². The van der Waals surface area contributed by atoms with E-state index in [2.05, 4.69) is 74.1 Å². The first-order valence-electron chi connectivity index (χ1n) is 20.3. The van der Waals surface area contributed by atoms with Crippen molar-refractivity contribution < 1.29 is 33.4 Å². The predicted octanol–water partition coefficient (Wildman–Crippen LogP) is 6.38. The normalized spacial score (nSPS) is 20.4. The second-order valence-corrected chi connectivity index (χ2v) is 16.0. The first kappa shape index (κ1) is 40.5. The van der Waals surface area contributed by atoms with Crippen LogP contribution in [0.4, 0.5) is 9.59 Å². The van der Waals surface area contributed by atoms with Crippen molar-refractivity contribution in [1.29, 1.82) is 0 Å². The summed E-state index contributed by atoms with van der Waals surface area (Å²) in [6, 6.07) is 14.7. The summed E-state index contributed by atoms with van der Waals surface area (Å²) >= 11 is 0. The highest BCUT2D eigenvalue weighted by molar-refractivity contribution is 5.87. The number of rotatable bonds is 12. The molecule has 3 aliphatic rings. The molecule has 5 heterocycles. The number of aromatic nitrogens is 4. The zero-order valence-electron chi connectivity index (χ0n) is 33.8. The Morgan fingerprint density at radius 3 is 1.55 bits per heavy atom. The van der Waals surface area contributed by atoms with Crippen molar-refractivity contribution in [3.8, 4) is 33.6 Å². The Hall–Kier alpha value is -5.70. The minimum absolute atomic E-state index is 0.106. The molecule has 0 radical (unpaired) electrons. The van der Waals surface area contributed by atoms with E-state index in [0.29, 0.717) is 32.7 Å². The van der Waals surface area contributed by atoms with Crippen LogP contribution in [0.2, 0.25) is 0 Å². The summed E-state index contributed by atoms with van der Waals surface area (Å²) in [5.41, 5.74) is 5.77. The van der Waals surface area contributed by atoms with Crippen molar-refractivity contribution in [2.24, 2.45) is 11.8 Å². The van der Waals surface area contributed by atoms with Crippen LogP contribution in [-0.2, 0) is 23.8 Å². The van der Waals surface area contributed by atoms with Gasteiger partial charge in [-0.3, -0.25) is 9.59 Å². The smallest absolute Gasteiger partial charge is 0.408 e. The van der Waals surface area contributed by atoms with Gasteiger partial charge >= 0.3 is 12.2 Å². The number of hydrogen-bond acceptors (Lipinski definition) is 9. The summed E-state index contributed by atoms with van der Waals surface area (Å²) in [5.74, 6) is 0.924. The molecule has 0 saturated carbocycles. The van der Waals surface area contributed by atoms with Crippen LogP contribution in [0.3, 0.4) is 0 Å². The number of alkyl carbamates (subject to hydrolysis) is 2. The molecule has 2 aromatic carbocycles. The number of hydrogen-bond donors (Lipinski definition) is 4. The zero-order valence-corrected chi connectivity index (χ0v) is 33.8. The quantitative estimate of drug-likeness (QED) is 0.126. The van der Waals surface area contributed by atoms with Gasteiger partial charge in [0.15, 0.2) is 0 Å². The fourth-order valence-corrected chi connectivity index (χ4v) is 8.11. The second kappa shape index (κ2) is 17.8. The Balaban J connectivity index is 0.979. The number of ether oxygens (including phenoxy) is 3. The van der Waals surface area contributed by atoms with E-state index in [9.17, 15) is 19.2 Å². The number of nitrogens with zero attached hydrogens (tertiary/aromatic N) is 4. The predicted molar refractivity (Wildman–Crippen MR) is 216 cm³/mol. The molecule has 58 heavy (non-hydrogen) atoms. The lowest BCUT2D eigenvalue weighted by atomic mass is 10.0. The highest BCUT2D eigenvalue weighted by Crippen LogP contribution is 2.35. The van der Waals surface area contributed by atoms with Crippen LogP contribution in [0.5, 0.6) is 0 Å². The molecule has 308 valence electrons. The second-order valence-electron chi connectivity index (χ2n) is 16.0. The number of aromatic amines is 2. The van der Waals surface area contributed by atoms with Gasteiger partial charge in [-0.25, -0.2) is 19.6 Å². The van der Waals surface area contributed by atoms with Gasteiger partial charge < -0.3 is 44.6 Å². The molecule has 2 aromatic heterocycles. The van der Waals surface area contributed by atoms with Crippen LogP contribution >= 0.6 is 0 Å². The van der Waals surface area contributed by atoms with Crippen LogP contribution in [0.25, 0.3) is 33.6 Å². The zero-order chi connectivity index (χ0) is 40.9. The number of likely N-dealkylation sites (tertiary alicyclic amines) is 2. The van der Waals surface area contributed by atoms with Crippen LogP contribution in [0, 0.1) is 11.8 Å². The summed E-state index contributed by atoms with van der Waals surface area (Å²) in [6.07, 6.45) is 5.99. The first-order valence-corrected chi connectivity index (χ1v) is 20.3. The van der Waals surface area contributed by atoms with Crippen molar-refractivity contribution in [1.82, 2.24) is 40.4 Å². The lowest BCUT2D eigenvalue weighted by Gasteiger charge is -2.30. The van der Waals surface area contributed by atoms with E-state index in [4.69, 9.17) is 19.2 Å². The summed E-state index contributed by atoms with van der Waals surface area (Å²) in [6.45, 7) is 9.75. The molecule has 3 saturated heterocycles. The van der Waals surface area contributed by atoms with E-state index in [1.807, 2.05) is 32.6 Å². The Bertz CT molecular complexity index is 2050. The lowest BCUT2D eigenvalue weighted by Crippen LogP contribution is -2.51. The Morgan fingerprint density at radius 1 is 0.690 bits per heavy atom. The third-order valence-electron chi connectivity index (χ3n) is 11.4. The molecule has 7 rings (SSSR count). The van der Waals surface area contributed by atoms with E-state index >= 15 is 0 Å². The molecule has 5 atom stereocenters. The average Bonchev–Trinajstić information content (AvgIpc) is 4.08. The SMILES string of the molecule is COC(=O)N[C@H](C(=O)N1CCC[C@H]1c1ncc(-c2ccc(-c3ccc(-c4cnc([C@@H]5CCCN5C(=O)[C@@H](NC(=O)O[C@@H]5CCOC5)C(C)C)[nH]4)cc3)cc2)[nH]1)C(C)C. The molecule has 15 heteroatoms. The van der Waals surface area contributed by atoms with E-state index in [1.54, 1.807) is 17.3 Å². The minimum Gasteiger partial charge on any atom is -0.453 e. The number of carbonyl (C=O) groups excluding carboxylic acids is 4. The van der Waals surface area contributed by atoms with E-state index in [-0.39, 0.29) is 41.8 Å². The Labute approximate surface area is 338 Å². The molecule has 0 bridgehead atoms. The fraction of sp³-hybridized carbons (Fsp3) is 0.488. The average molecular weight is 795 g/mol. The summed E-state index contributed by atoms with van der Waals surface area (Å²) in [5, 5.41) is 5.51. The summed E-state index contributed by atoms with van der Waals surface area (Å²) < 4.78 is 15.6. The first-order chi connectivity index (χ1) is 28.0. The van der Waals surface area contributed by atoms with Crippen molar-refractivity contribution in [3.63, 3.8) is 0 Å². The number of nitrogens with one attached hydrogen (secondary N) is 4. The number of H-pyrrole nitrogens is 2. The number of methoxy groups -OCH3 is 1. The van der Waals surface area contributed by atoms with Crippen molar-refractivity contribution in [2.45, 2.75) is 90.1 Å². The van der Waals surface area contributed by atoms with Gasteiger partial charge in [0, 0.05) is 19.5 Å². The molecular formula is C43H54N8O7. The van der Waals surface area contributed by atoms with Crippen molar-refractivity contribution in [2.75, 3.05) is 33.4 Å². The highest BCUT2D eigenvalue weighted by Gasteiger charge is 2.39. The third kappa shape index (κ3) is 8.89. The molecule has 3 aliphatic heterocycles. The standard InChI is InChI=1S/C43H54N8O7/c1-25(2)36(48-42(54)56-5)40(52)50-19-6-8-34(50)38-44-22-32(46-38)29-14-10-27(11-15-29)28-12-16-30(17-13-28)33-23-45-39(47-33)35-9-7-20-51(35)41(53)37(26(3)4)49-43(55)58-31-18-21-57-24-31/h10-17,22-23,25-26,31,34-37H,6-9,18-21,24H2,1-5H3,(H,44,46)(H,45,47)(H,48,54)(H,49,55)/t31-,34+,35+,36+,37+/m1/s1. The van der Waals surface area contributed by atoms with Gasteiger partial charge in [-0.05, 0) is 59.8 Å². The molecule has 0 spiro atoms. The third-order valence-corrected chi connectivity index (χ3v) is 11.4. The Morgan fingerprint density at radius 2 is 1.14 bits per heavy atom. The highest BCUT2D eigenvalue weighted by atomic mass is 16.6. The molecule has 15 nitrogen and oxygen atoms in total. The van der Waals surface area contributed by atoms with Gasteiger partial charge in [-0.15, -0.1) is 0 Å². The number of carbonyl (C=O) groups is 4. The molecular weight excluding hydrogens is 741 g/mol. The van der Waals surface area contributed by atoms with Crippen LogP contribution in [0.15, 0.2) is 60.9 Å². The van der Waals surface area contributed by atoms with E-state index in [1.165, 1.54) is 7.11 Å². The summed E-state index contributed by atoms with van der Waals surface area (Å²) in [4.78, 5) is 71.9. The fourth-order valence-electron chi connectivity index (χ4n) is 8.11. The maximum Gasteiger partial charge on any atom is 0.408 e. The number of amides is 4. The van der Waals surface area contributed by atoms with Gasteiger partial charge in [0.25, 0.3) is 0 Å². The Kier molecular flexibility index (Phi) is 12.5. The summed E-state index contributed by atoms with van der Waals surface area (Å²) in [7, 11) is 1.29. The molecule has 4 aromatic rings. The van der Waals surface area contributed by atoms with Crippen LogP contribution in [0.1, 0.15) is 83.5 Å². The van der Waals surface area contributed by atoms with E-state index < -0.39 is 24.3 Å². The van der Waals surface area contributed by atoms with Gasteiger partial charge in [-0.1, -0.05) is 76.2 Å². The largest absolute Gasteiger partial charge is 0.453 e. The van der Waals surface area contributed by atoms with Gasteiger partial charge in [-0.2, -0.15) is 0 Å². The monoisotopic (exact) mass is 794 g/mol. The van der Waals surface area contributed by atoms with Gasteiger partial charge in [0.05, 0.1) is 56.2 Å². The maximum atomic E-state index is 13.8. The molecule has 4 amide bonds. The number of imidazole rings is 2. The van der Waals surface area contributed by atoms with Gasteiger partial charge in [0.1, 0.15) is 29.8 Å². The molecule has 4 N–H and O–H groups in total. The van der Waals surface area contributed by atoms with Crippen LogP contribution < -0.4 is 10.6 Å². The maximum absolute atomic E-state index is 13.8. The van der Waals surface area contributed by atoms with E-state index in [0.717, 1.165) is 71.0 Å². The van der Waals surface area contributed by atoms with Crippen molar-refractivity contribution in [3.05, 3.63) is 72.6 Å². The lowest BCUT2D eigenvalue weighted by molar-refractivity contribution is -0.136. The molecule has 3 fully saturated rings. The van der Waals surface area contributed by atoms with Crippen LogP contribution in [-0.4, -0.2) is 105 Å². The number of benzene rings is 2. The van der Waals surface area contributed by atoms with Crippen molar-refractivity contribution >= 4 is 24.0 Å².